The zero-order valence-electron chi connectivity index (χ0n) is 15.0. The van der Waals surface area contributed by atoms with Crippen molar-refractivity contribution in [1.29, 1.82) is 0 Å². The largest absolute Gasteiger partial charge is 0.351 e. The Hall–Kier alpha value is -1.99. The zero-order valence-corrected chi connectivity index (χ0v) is 16.6. The second-order valence-corrected chi connectivity index (χ2v) is 8.92. The number of nitrogens with one attached hydrogen (secondary N) is 1. The van der Waals surface area contributed by atoms with Gasteiger partial charge in [0.15, 0.2) is 0 Å². The summed E-state index contributed by atoms with van der Waals surface area (Å²) in [4.78, 5) is 23.5. The van der Waals surface area contributed by atoms with Crippen molar-refractivity contribution in [3.8, 4) is 0 Å². The van der Waals surface area contributed by atoms with E-state index in [1.165, 1.54) is 34.7 Å². The van der Waals surface area contributed by atoms with Gasteiger partial charge in [-0.15, -0.1) is 11.3 Å². The SMILES string of the molecule is C[C@H]1CCc2c(sc3ncnc(SCC(=O)NCc4ccccc4F)c23)C1. The van der Waals surface area contributed by atoms with Gasteiger partial charge in [-0.05, 0) is 36.8 Å². The summed E-state index contributed by atoms with van der Waals surface area (Å²) in [6.45, 7) is 2.48. The van der Waals surface area contributed by atoms with E-state index in [2.05, 4.69) is 22.2 Å². The van der Waals surface area contributed by atoms with E-state index in [1.807, 2.05) is 0 Å². The number of nitrogens with zero attached hydrogens (tertiary/aromatic N) is 2. The lowest BCUT2D eigenvalue weighted by Gasteiger charge is -2.18. The Balaban J connectivity index is 1.44. The van der Waals surface area contributed by atoms with Gasteiger partial charge in [0.25, 0.3) is 0 Å². The molecule has 0 unspecified atom stereocenters. The zero-order chi connectivity index (χ0) is 18.8. The van der Waals surface area contributed by atoms with Crippen LogP contribution in [0.2, 0.25) is 0 Å². The Labute approximate surface area is 165 Å². The summed E-state index contributed by atoms with van der Waals surface area (Å²) in [6.07, 6.45) is 4.91. The summed E-state index contributed by atoms with van der Waals surface area (Å²) in [6, 6.07) is 6.47. The Morgan fingerprint density at radius 2 is 2.22 bits per heavy atom. The maximum absolute atomic E-state index is 13.6. The Bertz CT molecular complexity index is 989. The van der Waals surface area contributed by atoms with Crippen molar-refractivity contribution < 1.29 is 9.18 Å². The lowest BCUT2D eigenvalue weighted by atomic mass is 9.89. The smallest absolute Gasteiger partial charge is 0.230 e. The van der Waals surface area contributed by atoms with Crippen LogP contribution in [0.15, 0.2) is 35.6 Å². The van der Waals surface area contributed by atoms with Crippen LogP contribution in [0.3, 0.4) is 0 Å². The number of fused-ring (bicyclic) bond motifs is 3. The van der Waals surface area contributed by atoms with Crippen LogP contribution in [-0.4, -0.2) is 21.6 Å². The van der Waals surface area contributed by atoms with Gasteiger partial charge in [-0.25, -0.2) is 14.4 Å². The summed E-state index contributed by atoms with van der Waals surface area (Å²) in [7, 11) is 0. The van der Waals surface area contributed by atoms with Crippen molar-refractivity contribution in [2.24, 2.45) is 5.92 Å². The van der Waals surface area contributed by atoms with Gasteiger partial charge in [-0.2, -0.15) is 0 Å². The number of thiophene rings is 1. The molecule has 140 valence electrons. The number of hydrogen-bond acceptors (Lipinski definition) is 5. The summed E-state index contributed by atoms with van der Waals surface area (Å²) < 4.78 is 13.6. The molecule has 0 fully saturated rings. The molecule has 1 aromatic carbocycles. The maximum atomic E-state index is 13.6. The molecular formula is C20H20FN3OS2. The molecule has 1 amide bonds. The topological polar surface area (TPSA) is 54.9 Å². The summed E-state index contributed by atoms with van der Waals surface area (Å²) in [5, 5.41) is 4.77. The molecule has 2 heterocycles. The number of aryl methyl sites for hydroxylation is 1. The highest BCUT2D eigenvalue weighted by Gasteiger charge is 2.23. The van der Waals surface area contributed by atoms with E-state index in [1.54, 1.807) is 35.9 Å². The van der Waals surface area contributed by atoms with Gasteiger partial charge < -0.3 is 5.32 Å². The van der Waals surface area contributed by atoms with Gasteiger partial charge >= 0.3 is 0 Å². The van der Waals surface area contributed by atoms with E-state index in [0.717, 1.165) is 28.1 Å². The van der Waals surface area contributed by atoms with E-state index < -0.39 is 0 Å². The fourth-order valence-corrected chi connectivity index (χ4v) is 5.65. The first-order chi connectivity index (χ1) is 13.1. The van der Waals surface area contributed by atoms with Gasteiger partial charge in [0, 0.05) is 22.4 Å². The summed E-state index contributed by atoms with van der Waals surface area (Å²) in [5.74, 6) is 0.523. The van der Waals surface area contributed by atoms with Crippen LogP contribution in [0.1, 0.15) is 29.3 Å². The molecule has 0 spiro atoms. The maximum Gasteiger partial charge on any atom is 0.230 e. The number of carbonyl (C=O) groups excluding carboxylic acids is 1. The fraction of sp³-hybridized carbons (Fsp3) is 0.350. The number of aromatic nitrogens is 2. The van der Waals surface area contributed by atoms with Gasteiger partial charge in [-0.1, -0.05) is 36.9 Å². The van der Waals surface area contributed by atoms with Crippen LogP contribution in [0, 0.1) is 11.7 Å². The molecule has 0 bridgehead atoms. The van der Waals surface area contributed by atoms with Crippen molar-refractivity contribution in [3.05, 3.63) is 52.4 Å². The molecule has 1 aliphatic carbocycles. The first kappa shape index (κ1) is 18.4. The Morgan fingerprint density at radius 1 is 1.37 bits per heavy atom. The summed E-state index contributed by atoms with van der Waals surface area (Å²) >= 11 is 3.18. The lowest BCUT2D eigenvalue weighted by Crippen LogP contribution is -2.25. The van der Waals surface area contributed by atoms with Gasteiger partial charge in [0.1, 0.15) is 22.0 Å². The van der Waals surface area contributed by atoms with Crippen molar-refractivity contribution in [1.82, 2.24) is 15.3 Å². The number of hydrogen-bond donors (Lipinski definition) is 1. The highest BCUT2D eigenvalue weighted by molar-refractivity contribution is 8.00. The predicted molar refractivity (Wildman–Crippen MR) is 108 cm³/mol. The van der Waals surface area contributed by atoms with Crippen molar-refractivity contribution in [3.63, 3.8) is 0 Å². The average molecular weight is 402 g/mol. The molecule has 27 heavy (non-hydrogen) atoms. The molecule has 1 N–H and O–H groups in total. The molecule has 1 aliphatic rings. The van der Waals surface area contributed by atoms with Gasteiger partial charge in [0.05, 0.1) is 5.75 Å². The third-order valence-electron chi connectivity index (χ3n) is 4.83. The number of carbonyl (C=O) groups is 1. The number of amides is 1. The molecule has 1 atom stereocenters. The normalized spacial score (nSPS) is 16.3. The van der Waals surface area contributed by atoms with Crippen molar-refractivity contribution in [2.45, 2.75) is 37.8 Å². The molecule has 0 aliphatic heterocycles. The van der Waals surface area contributed by atoms with E-state index in [9.17, 15) is 9.18 Å². The number of benzene rings is 1. The van der Waals surface area contributed by atoms with E-state index in [4.69, 9.17) is 0 Å². The van der Waals surface area contributed by atoms with E-state index >= 15 is 0 Å². The molecule has 0 saturated carbocycles. The molecule has 7 heteroatoms. The van der Waals surface area contributed by atoms with Gasteiger partial charge in [0.2, 0.25) is 5.91 Å². The average Bonchev–Trinajstić information content (AvgIpc) is 3.03. The minimum Gasteiger partial charge on any atom is -0.351 e. The number of thioether (sulfide) groups is 1. The highest BCUT2D eigenvalue weighted by Crippen LogP contribution is 2.40. The third kappa shape index (κ3) is 3.99. The van der Waals surface area contributed by atoms with Crippen LogP contribution >= 0.6 is 23.1 Å². The first-order valence-corrected chi connectivity index (χ1v) is 10.8. The van der Waals surface area contributed by atoms with Crippen molar-refractivity contribution in [2.75, 3.05) is 5.75 Å². The molecule has 4 rings (SSSR count). The molecule has 3 aromatic rings. The quantitative estimate of drug-likeness (QED) is 0.510. The minimum absolute atomic E-state index is 0.132. The van der Waals surface area contributed by atoms with Crippen LogP contribution in [0.25, 0.3) is 10.2 Å². The minimum atomic E-state index is -0.304. The fourth-order valence-electron chi connectivity index (χ4n) is 3.38. The van der Waals surface area contributed by atoms with Crippen LogP contribution in [0.5, 0.6) is 0 Å². The second-order valence-electron chi connectivity index (χ2n) is 6.87. The van der Waals surface area contributed by atoms with Crippen LogP contribution < -0.4 is 5.32 Å². The predicted octanol–water partition coefficient (Wildman–Crippen LogP) is 4.36. The Kier molecular flexibility index (Phi) is 5.41. The number of rotatable bonds is 5. The molecule has 0 radical (unpaired) electrons. The van der Waals surface area contributed by atoms with E-state index in [0.29, 0.717) is 11.5 Å². The highest BCUT2D eigenvalue weighted by atomic mass is 32.2. The van der Waals surface area contributed by atoms with Gasteiger partial charge in [-0.3, -0.25) is 4.79 Å². The van der Waals surface area contributed by atoms with Crippen LogP contribution in [-0.2, 0) is 24.2 Å². The first-order valence-electron chi connectivity index (χ1n) is 9.00. The van der Waals surface area contributed by atoms with Crippen molar-refractivity contribution >= 4 is 39.2 Å². The third-order valence-corrected chi connectivity index (χ3v) is 6.98. The molecule has 0 saturated heterocycles. The molecular weight excluding hydrogens is 381 g/mol. The van der Waals surface area contributed by atoms with E-state index in [-0.39, 0.29) is 24.0 Å². The summed E-state index contributed by atoms with van der Waals surface area (Å²) in [5.41, 5.74) is 1.85. The monoisotopic (exact) mass is 401 g/mol. The number of halogens is 1. The second kappa shape index (κ2) is 7.94. The standard InChI is InChI=1S/C20H20FN3OS2/c1-12-6-7-14-16(8-12)27-20-18(14)19(23-11-24-20)26-10-17(25)22-9-13-4-2-3-5-15(13)21/h2-5,11-12H,6-10H2,1H3,(H,22,25)/t12-/m0/s1. The lowest BCUT2D eigenvalue weighted by molar-refractivity contribution is -0.118. The molecule has 4 nitrogen and oxygen atoms in total. The van der Waals surface area contributed by atoms with Crippen LogP contribution in [0.4, 0.5) is 4.39 Å². The Morgan fingerprint density at radius 3 is 3.07 bits per heavy atom. The molecule has 2 aromatic heterocycles.